The summed E-state index contributed by atoms with van der Waals surface area (Å²) in [6.07, 6.45) is 10.5. The highest BCUT2D eigenvalue weighted by atomic mass is 15.1. The van der Waals surface area contributed by atoms with E-state index in [4.69, 9.17) is 0 Å². The van der Waals surface area contributed by atoms with Crippen LogP contribution >= 0.6 is 0 Å². The van der Waals surface area contributed by atoms with Crippen molar-refractivity contribution in [1.29, 1.82) is 0 Å². The fourth-order valence-electron chi connectivity index (χ4n) is 3.69. The van der Waals surface area contributed by atoms with Crippen molar-refractivity contribution in [2.45, 2.75) is 58.8 Å². The first kappa shape index (κ1) is 11.4. The van der Waals surface area contributed by atoms with Crippen molar-refractivity contribution in [3.63, 3.8) is 0 Å². The summed E-state index contributed by atoms with van der Waals surface area (Å²) < 4.78 is 0. The van der Waals surface area contributed by atoms with Crippen LogP contribution in [0.1, 0.15) is 58.8 Å². The number of nitrogens with zero attached hydrogens (tertiary/aromatic N) is 1. The fraction of sp³-hybridized carbons (Fsp3) is 1.00. The molecule has 2 fully saturated rings. The van der Waals surface area contributed by atoms with Crippen molar-refractivity contribution in [1.82, 2.24) is 4.90 Å². The Labute approximate surface area is 95.2 Å². The molecular weight excluding hydrogens is 182 g/mol. The molecule has 0 aromatic rings. The second-order valence-corrected chi connectivity index (χ2v) is 6.29. The third-order valence-electron chi connectivity index (χ3n) is 4.28. The van der Waals surface area contributed by atoms with E-state index in [1.807, 2.05) is 0 Å². The summed E-state index contributed by atoms with van der Waals surface area (Å²) in [4.78, 5) is 2.74. The SMILES string of the molecule is CC(C)CN1CCCC2(CCCCC2)C1. The van der Waals surface area contributed by atoms with Gasteiger partial charge in [0.05, 0.1) is 0 Å². The maximum Gasteiger partial charge on any atom is 0.00381 e. The van der Waals surface area contributed by atoms with Gasteiger partial charge in [0.1, 0.15) is 0 Å². The van der Waals surface area contributed by atoms with Crippen LogP contribution in [0.3, 0.4) is 0 Å². The summed E-state index contributed by atoms with van der Waals surface area (Å²) in [6.45, 7) is 8.79. The van der Waals surface area contributed by atoms with Gasteiger partial charge in [-0.25, -0.2) is 0 Å². The molecule has 1 spiro atoms. The number of piperidine rings is 1. The summed E-state index contributed by atoms with van der Waals surface area (Å²) in [5.41, 5.74) is 0.741. The van der Waals surface area contributed by atoms with Crippen LogP contribution in [0, 0.1) is 11.3 Å². The zero-order valence-electron chi connectivity index (χ0n) is 10.6. The molecule has 1 aliphatic carbocycles. The largest absolute Gasteiger partial charge is 0.303 e. The van der Waals surface area contributed by atoms with E-state index in [9.17, 15) is 0 Å². The molecule has 0 bridgehead atoms. The number of likely N-dealkylation sites (tertiary alicyclic amines) is 1. The molecule has 88 valence electrons. The van der Waals surface area contributed by atoms with E-state index < -0.39 is 0 Å². The minimum atomic E-state index is 0.741. The van der Waals surface area contributed by atoms with Gasteiger partial charge in [-0.05, 0) is 43.6 Å². The van der Waals surface area contributed by atoms with Gasteiger partial charge >= 0.3 is 0 Å². The molecule has 2 aliphatic rings. The van der Waals surface area contributed by atoms with E-state index >= 15 is 0 Å². The van der Waals surface area contributed by atoms with Crippen LogP contribution in [-0.4, -0.2) is 24.5 Å². The first-order valence-corrected chi connectivity index (χ1v) is 6.93. The number of hydrogen-bond donors (Lipinski definition) is 0. The molecule has 1 heterocycles. The molecule has 1 heteroatoms. The molecule has 1 aliphatic heterocycles. The van der Waals surface area contributed by atoms with Crippen molar-refractivity contribution >= 4 is 0 Å². The van der Waals surface area contributed by atoms with Crippen LogP contribution in [0.5, 0.6) is 0 Å². The minimum Gasteiger partial charge on any atom is -0.303 e. The first-order chi connectivity index (χ1) is 7.20. The van der Waals surface area contributed by atoms with Gasteiger partial charge in [-0.2, -0.15) is 0 Å². The Morgan fingerprint density at radius 1 is 1.00 bits per heavy atom. The summed E-state index contributed by atoms with van der Waals surface area (Å²) >= 11 is 0. The van der Waals surface area contributed by atoms with Gasteiger partial charge in [0.25, 0.3) is 0 Å². The zero-order chi connectivity index (χ0) is 10.7. The molecule has 0 unspecified atom stereocenters. The molecule has 1 saturated carbocycles. The Balaban J connectivity index is 1.90. The predicted octanol–water partition coefficient (Wildman–Crippen LogP) is 3.69. The molecule has 0 aromatic heterocycles. The van der Waals surface area contributed by atoms with Crippen molar-refractivity contribution in [2.24, 2.45) is 11.3 Å². The summed E-state index contributed by atoms with van der Waals surface area (Å²) in [6, 6.07) is 0. The van der Waals surface area contributed by atoms with E-state index in [2.05, 4.69) is 18.7 Å². The highest BCUT2D eigenvalue weighted by molar-refractivity contribution is 4.89. The van der Waals surface area contributed by atoms with Crippen LogP contribution in [0.25, 0.3) is 0 Å². The maximum absolute atomic E-state index is 2.74. The lowest BCUT2D eigenvalue weighted by atomic mass is 9.69. The van der Waals surface area contributed by atoms with Gasteiger partial charge in [0, 0.05) is 13.1 Å². The van der Waals surface area contributed by atoms with Gasteiger partial charge < -0.3 is 4.90 Å². The molecular formula is C14H27N. The second-order valence-electron chi connectivity index (χ2n) is 6.29. The molecule has 15 heavy (non-hydrogen) atoms. The Morgan fingerprint density at radius 2 is 1.67 bits per heavy atom. The molecule has 0 atom stereocenters. The Morgan fingerprint density at radius 3 is 2.33 bits per heavy atom. The van der Waals surface area contributed by atoms with E-state index in [1.54, 1.807) is 0 Å². The fourth-order valence-corrected chi connectivity index (χ4v) is 3.69. The average Bonchev–Trinajstić information content (AvgIpc) is 2.17. The van der Waals surface area contributed by atoms with Gasteiger partial charge in [-0.1, -0.05) is 33.1 Å². The third kappa shape index (κ3) is 2.96. The summed E-state index contributed by atoms with van der Waals surface area (Å²) in [7, 11) is 0. The van der Waals surface area contributed by atoms with Crippen molar-refractivity contribution < 1.29 is 0 Å². The van der Waals surface area contributed by atoms with Gasteiger partial charge in [-0.3, -0.25) is 0 Å². The van der Waals surface area contributed by atoms with Crippen molar-refractivity contribution in [3.05, 3.63) is 0 Å². The number of hydrogen-bond acceptors (Lipinski definition) is 1. The van der Waals surface area contributed by atoms with Gasteiger partial charge in [-0.15, -0.1) is 0 Å². The van der Waals surface area contributed by atoms with E-state index in [0.717, 1.165) is 11.3 Å². The lowest BCUT2D eigenvalue weighted by Crippen LogP contribution is -2.45. The number of rotatable bonds is 2. The predicted molar refractivity (Wildman–Crippen MR) is 66.0 cm³/mol. The molecule has 1 nitrogen and oxygen atoms in total. The second kappa shape index (κ2) is 4.86. The molecule has 0 aromatic carbocycles. The Bertz CT molecular complexity index is 186. The molecule has 2 rings (SSSR count). The lowest BCUT2D eigenvalue weighted by Gasteiger charge is -2.45. The van der Waals surface area contributed by atoms with E-state index in [1.165, 1.54) is 64.6 Å². The Kier molecular flexibility index (Phi) is 3.71. The highest BCUT2D eigenvalue weighted by Gasteiger charge is 2.36. The van der Waals surface area contributed by atoms with Gasteiger partial charge in [0.15, 0.2) is 0 Å². The van der Waals surface area contributed by atoms with Crippen LogP contribution in [0.15, 0.2) is 0 Å². The van der Waals surface area contributed by atoms with Crippen LogP contribution in [-0.2, 0) is 0 Å². The molecule has 0 N–H and O–H groups in total. The average molecular weight is 209 g/mol. The molecule has 1 saturated heterocycles. The minimum absolute atomic E-state index is 0.741. The monoisotopic (exact) mass is 209 g/mol. The van der Waals surface area contributed by atoms with Crippen LogP contribution < -0.4 is 0 Å². The van der Waals surface area contributed by atoms with Gasteiger partial charge in [0.2, 0.25) is 0 Å². The normalized spacial score (nSPS) is 27.4. The lowest BCUT2D eigenvalue weighted by molar-refractivity contribution is 0.0475. The quantitative estimate of drug-likeness (QED) is 0.670. The maximum atomic E-state index is 2.74. The summed E-state index contributed by atoms with van der Waals surface area (Å²) in [5, 5.41) is 0. The van der Waals surface area contributed by atoms with E-state index in [0.29, 0.717) is 0 Å². The standard InChI is InChI=1S/C14H27N/c1-13(2)11-15-10-6-9-14(12-15)7-4-3-5-8-14/h13H,3-12H2,1-2H3. The molecule has 0 radical (unpaired) electrons. The van der Waals surface area contributed by atoms with Crippen LogP contribution in [0.2, 0.25) is 0 Å². The highest BCUT2D eigenvalue weighted by Crippen LogP contribution is 2.43. The molecule has 0 amide bonds. The third-order valence-corrected chi connectivity index (χ3v) is 4.28. The van der Waals surface area contributed by atoms with E-state index in [-0.39, 0.29) is 0 Å². The first-order valence-electron chi connectivity index (χ1n) is 6.93. The Hall–Kier alpha value is -0.0400. The van der Waals surface area contributed by atoms with Crippen molar-refractivity contribution in [3.8, 4) is 0 Å². The zero-order valence-corrected chi connectivity index (χ0v) is 10.6. The van der Waals surface area contributed by atoms with Crippen molar-refractivity contribution in [2.75, 3.05) is 19.6 Å². The summed E-state index contributed by atoms with van der Waals surface area (Å²) in [5.74, 6) is 0.837. The van der Waals surface area contributed by atoms with Crippen LogP contribution in [0.4, 0.5) is 0 Å². The smallest absolute Gasteiger partial charge is 0.00381 e. The topological polar surface area (TPSA) is 3.24 Å².